The highest BCUT2D eigenvalue weighted by molar-refractivity contribution is 9.10. The maximum Gasteiger partial charge on any atom is 0.250 e. The summed E-state index contributed by atoms with van der Waals surface area (Å²) < 4.78 is 2.78. The second-order valence-corrected chi connectivity index (χ2v) is 8.06. The fourth-order valence-corrected chi connectivity index (χ4v) is 3.74. The van der Waals surface area contributed by atoms with Crippen LogP contribution in [0.4, 0.5) is 0 Å². The number of nitrogens with zero attached hydrogens (tertiary/aromatic N) is 4. The summed E-state index contributed by atoms with van der Waals surface area (Å²) in [6, 6.07) is 13.1. The lowest BCUT2D eigenvalue weighted by Gasteiger charge is -2.07. The van der Waals surface area contributed by atoms with Crippen molar-refractivity contribution in [3.8, 4) is 17.1 Å². The number of hydrazone groups is 1. The van der Waals surface area contributed by atoms with E-state index in [1.165, 1.54) is 23.5 Å². The number of aromatic hydroxyl groups is 1. The van der Waals surface area contributed by atoms with Crippen LogP contribution in [-0.2, 0) is 11.3 Å². The normalized spacial score (nSPS) is 11.1. The highest BCUT2D eigenvalue weighted by Gasteiger charge is 2.14. The number of carbonyl (C=O) groups is 1. The molecular weight excluding hydrogens is 454 g/mol. The molecule has 7 nitrogen and oxygen atoms in total. The molecule has 2 N–H and O–H groups in total. The third-order valence-electron chi connectivity index (χ3n) is 4.06. The number of thioether (sulfide) groups is 1. The average Bonchev–Trinajstić information content (AvgIpc) is 3.12. The van der Waals surface area contributed by atoms with Crippen LogP contribution in [0.5, 0.6) is 5.75 Å². The third-order valence-corrected chi connectivity index (χ3v) is 5.52. The second kappa shape index (κ2) is 9.71. The number of phenolic OH excluding ortho intramolecular Hbond substituents is 1. The first kappa shape index (κ1) is 21.1. The highest BCUT2D eigenvalue weighted by atomic mass is 79.9. The predicted octanol–water partition coefficient (Wildman–Crippen LogP) is 3.98. The molecule has 0 fully saturated rings. The van der Waals surface area contributed by atoms with Crippen molar-refractivity contribution in [3.05, 3.63) is 58.1 Å². The molecule has 0 aliphatic carbocycles. The largest absolute Gasteiger partial charge is 0.507 e. The molecule has 0 unspecified atom stereocenters. The zero-order valence-electron chi connectivity index (χ0n) is 16.0. The SMILES string of the molecule is CCn1c(SCC(=O)N/N=C/c2cc(Br)ccc2O)nnc1-c1ccc(C)cc1. The fraction of sp³-hybridized carbons (Fsp3) is 0.200. The molecule has 2 aromatic carbocycles. The van der Waals surface area contributed by atoms with E-state index in [-0.39, 0.29) is 17.4 Å². The zero-order valence-corrected chi connectivity index (χ0v) is 18.4. The van der Waals surface area contributed by atoms with Crippen molar-refractivity contribution in [3.63, 3.8) is 0 Å². The van der Waals surface area contributed by atoms with Gasteiger partial charge in [-0.3, -0.25) is 4.79 Å². The van der Waals surface area contributed by atoms with Crippen LogP contribution in [0, 0.1) is 6.92 Å². The quantitative estimate of drug-likeness (QED) is 0.307. The molecule has 1 aromatic heterocycles. The molecule has 0 spiro atoms. The van der Waals surface area contributed by atoms with Gasteiger partial charge in [0.05, 0.1) is 12.0 Å². The Labute approximate surface area is 181 Å². The van der Waals surface area contributed by atoms with E-state index in [0.717, 1.165) is 15.9 Å². The first-order chi connectivity index (χ1) is 14.0. The molecule has 0 bridgehead atoms. The van der Waals surface area contributed by atoms with Crippen molar-refractivity contribution in [1.82, 2.24) is 20.2 Å². The molecule has 0 saturated carbocycles. The van der Waals surface area contributed by atoms with E-state index >= 15 is 0 Å². The Morgan fingerprint density at radius 1 is 1.28 bits per heavy atom. The van der Waals surface area contributed by atoms with E-state index in [2.05, 4.69) is 36.7 Å². The van der Waals surface area contributed by atoms with Crippen molar-refractivity contribution in [1.29, 1.82) is 0 Å². The first-order valence-corrected chi connectivity index (χ1v) is 10.7. The summed E-state index contributed by atoms with van der Waals surface area (Å²) in [6.07, 6.45) is 1.40. The summed E-state index contributed by atoms with van der Waals surface area (Å²) in [6.45, 7) is 4.75. The molecule has 0 aliphatic rings. The van der Waals surface area contributed by atoms with Crippen molar-refractivity contribution < 1.29 is 9.90 Å². The Bertz CT molecular complexity index is 1030. The molecular formula is C20H20BrN5O2S. The number of aryl methyl sites for hydroxylation is 1. The molecule has 3 rings (SSSR count). The third kappa shape index (κ3) is 5.45. The van der Waals surface area contributed by atoms with Crippen LogP contribution in [0.2, 0.25) is 0 Å². The number of rotatable bonds is 7. The van der Waals surface area contributed by atoms with E-state index in [0.29, 0.717) is 17.3 Å². The Kier molecular flexibility index (Phi) is 7.05. The van der Waals surface area contributed by atoms with Crippen molar-refractivity contribution in [2.24, 2.45) is 5.10 Å². The van der Waals surface area contributed by atoms with Crippen LogP contribution >= 0.6 is 27.7 Å². The van der Waals surface area contributed by atoms with Gasteiger partial charge >= 0.3 is 0 Å². The molecule has 3 aromatic rings. The topological polar surface area (TPSA) is 92.4 Å². The smallest absolute Gasteiger partial charge is 0.250 e. The molecule has 1 heterocycles. The van der Waals surface area contributed by atoms with Gasteiger partial charge < -0.3 is 9.67 Å². The number of phenols is 1. The highest BCUT2D eigenvalue weighted by Crippen LogP contribution is 2.24. The van der Waals surface area contributed by atoms with Crippen molar-refractivity contribution in [2.45, 2.75) is 25.5 Å². The number of amides is 1. The summed E-state index contributed by atoms with van der Waals surface area (Å²) in [5, 5.41) is 22.9. The predicted molar refractivity (Wildman–Crippen MR) is 118 cm³/mol. The Balaban J connectivity index is 1.61. The molecule has 0 aliphatic heterocycles. The summed E-state index contributed by atoms with van der Waals surface area (Å²) in [4.78, 5) is 12.1. The van der Waals surface area contributed by atoms with E-state index in [1.807, 2.05) is 42.7 Å². The van der Waals surface area contributed by atoms with Gasteiger partial charge in [0.25, 0.3) is 5.91 Å². The van der Waals surface area contributed by atoms with E-state index in [9.17, 15) is 9.90 Å². The standard InChI is InChI=1S/C20H20BrN5O2S/c1-3-26-19(14-6-4-13(2)5-7-14)24-25-20(26)29-12-18(28)23-22-11-15-10-16(21)8-9-17(15)27/h4-11,27H,3,12H2,1-2H3,(H,23,28)/b22-11+. The number of halogens is 1. The number of benzene rings is 2. The number of carbonyl (C=O) groups excluding carboxylic acids is 1. The molecule has 150 valence electrons. The monoisotopic (exact) mass is 473 g/mol. The number of hydrogen-bond acceptors (Lipinski definition) is 6. The van der Waals surface area contributed by atoms with Gasteiger partial charge in [-0.2, -0.15) is 5.10 Å². The average molecular weight is 474 g/mol. The number of hydrogen-bond donors (Lipinski definition) is 2. The Morgan fingerprint density at radius 2 is 2.03 bits per heavy atom. The van der Waals surface area contributed by atoms with E-state index in [4.69, 9.17) is 0 Å². The number of aromatic nitrogens is 3. The summed E-state index contributed by atoms with van der Waals surface area (Å²) in [7, 11) is 0. The van der Waals surface area contributed by atoms with E-state index < -0.39 is 0 Å². The zero-order chi connectivity index (χ0) is 20.8. The fourth-order valence-electron chi connectivity index (χ4n) is 2.56. The lowest BCUT2D eigenvalue weighted by Crippen LogP contribution is -2.20. The van der Waals surface area contributed by atoms with Gasteiger partial charge in [-0.15, -0.1) is 10.2 Å². The molecule has 0 radical (unpaired) electrons. The maximum absolute atomic E-state index is 12.1. The number of nitrogens with one attached hydrogen (secondary N) is 1. The van der Waals surface area contributed by atoms with Gasteiger partial charge in [-0.25, -0.2) is 5.43 Å². The van der Waals surface area contributed by atoms with Crippen LogP contribution in [0.25, 0.3) is 11.4 Å². The first-order valence-electron chi connectivity index (χ1n) is 8.91. The van der Waals surface area contributed by atoms with Gasteiger partial charge in [0.1, 0.15) is 5.75 Å². The van der Waals surface area contributed by atoms with E-state index in [1.54, 1.807) is 18.2 Å². The minimum atomic E-state index is -0.275. The van der Waals surface area contributed by atoms with Gasteiger partial charge in [0.2, 0.25) is 0 Å². The molecule has 0 atom stereocenters. The van der Waals surface area contributed by atoms with Crippen LogP contribution in [0.1, 0.15) is 18.1 Å². The molecule has 0 saturated heterocycles. The molecule has 9 heteroatoms. The van der Waals surface area contributed by atoms with Crippen LogP contribution in [0.15, 0.2) is 57.2 Å². The lowest BCUT2D eigenvalue weighted by atomic mass is 10.1. The van der Waals surface area contributed by atoms with Crippen LogP contribution < -0.4 is 5.43 Å². The molecule has 1 amide bonds. The summed E-state index contributed by atoms with van der Waals surface area (Å²) in [5.41, 5.74) is 5.12. The van der Waals surface area contributed by atoms with Gasteiger partial charge in [0.15, 0.2) is 11.0 Å². The van der Waals surface area contributed by atoms with Crippen molar-refractivity contribution >= 4 is 39.8 Å². The minimum Gasteiger partial charge on any atom is -0.507 e. The Hall–Kier alpha value is -2.65. The molecule has 29 heavy (non-hydrogen) atoms. The Morgan fingerprint density at radius 3 is 2.76 bits per heavy atom. The van der Waals surface area contributed by atoms with Gasteiger partial charge in [-0.05, 0) is 32.0 Å². The summed E-state index contributed by atoms with van der Waals surface area (Å²) >= 11 is 4.62. The van der Waals surface area contributed by atoms with Crippen molar-refractivity contribution in [2.75, 3.05) is 5.75 Å². The van der Waals surface area contributed by atoms with Gasteiger partial charge in [0, 0.05) is 22.1 Å². The second-order valence-electron chi connectivity index (χ2n) is 6.20. The van der Waals surface area contributed by atoms with Crippen LogP contribution in [-0.4, -0.2) is 37.7 Å². The summed E-state index contributed by atoms with van der Waals surface area (Å²) in [5.74, 6) is 0.732. The van der Waals surface area contributed by atoms with Gasteiger partial charge in [-0.1, -0.05) is 57.5 Å². The maximum atomic E-state index is 12.1. The minimum absolute atomic E-state index is 0.0836. The lowest BCUT2D eigenvalue weighted by molar-refractivity contribution is -0.118. The van der Waals surface area contributed by atoms with Crippen LogP contribution in [0.3, 0.4) is 0 Å².